The minimum Gasteiger partial charge on any atom is -0.324 e. The first-order chi connectivity index (χ1) is 7.77. The quantitative estimate of drug-likeness (QED) is 0.664. The Bertz CT molecular complexity index is 520. The lowest BCUT2D eigenvalue weighted by atomic mass is 10.00. The molecule has 0 aromatic carbocycles. The van der Waals surface area contributed by atoms with Crippen molar-refractivity contribution in [3.63, 3.8) is 0 Å². The molecule has 2 aliphatic rings. The predicted octanol–water partition coefficient (Wildman–Crippen LogP) is 2.38. The van der Waals surface area contributed by atoms with E-state index in [1.54, 1.807) is 0 Å². The van der Waals surface area contributed by atoms with E-state index in [1.165, 1.54) is 0 Å². The van der Waals surface area contributed by atoms with E-state index in [2.05, 4.69) is 27.8 Å². The number of carbonyl (C=O) groups excluding carboxylic acids is 1. The third-order valence-electron chi connectivity index (χ3n) is 3.28. The lowest BCUT2D eigenvalue weighted by Gasteiger charge is -2.12. The molecule has 0 spiro atoms. The van der Waals surface area contributed by atoms with Gasteiger partial charge in [-0.3, -0.25) is 4.79 Å². The fourth-order valence-electron chi connectivity index (χ4n) is 2.45. The zero-order valence-electron chi connectivity index (χ0n) is 9.36. The molecule has 0 bridgehead atoms. The summed E-state index contributed by atoms with van der Waals surface area (Å²) in [6.45, 7) is 2.88. The van der Waals surface area contributed by atoms with E-state index in [0.29, 0.717) is 12.1 Å². The second kappa shape index (κ2) is 3.44. The van der Waals surface area contributed by atoms with E-state index in [0.717, 1.165) is 36.5 Å². The van der Waals surface area contributed by atoms with Gasteiger partial charge < -0.3 is 4.57 Å². The standard InChI is InChI=1S/C13H14N2O/c1-9-5-2-3-8-15-10-6-4-7-11(16)12(10)14-13(9)15/h2-3,5H,4,6-8H2,1H3. The highest BCUT2D eigenvalue weighted by molar-refractivity contribution is 5.96. The summed E-state index contributed by atoms with van der Waals surface area (Å²) in [5.74, 6) is 1.17. The van der Waals surface area contributed by atoms with Gasteiger partial charge in [0, 0.05) is 18.7 Å². The van der Waals surface area contributed by atoms with Crippen LogP contribution in [-0.2, 0) is 13.0 Å². The highest BCUT2D eigenvalue weighted by Crippen LogP contribution is 2.26. The summed E-state index contributed by atoms with van der Waals surface area (Å²) in [5.41, 5.74) is 2.98. The smallest absolute Gasteiger partial charge is 0.183 e. The molecule has 0 atom stereocenters. The Labute approximate surface area is 94.5 Å². The molecule has 0 saturated heterocycles. The number of fused-ring (bicyclic) bond motifs is 3. The molecule has 82 valence electrons. The molecule has 0 N–H and O–H groups in total. The van der Waals surface area contributed by atoms with E-state index >= 15 is 0 Å². The molecular weight excluding hydrogens is 200 g/mol. The number of Topliss-reactive ketones (excluding diaryl/α,β-unsaturated/α-hetero) is 1. The van der Waals surface area contributed by atoms with Crippen molar-refractivity contribution < 1.29 is 4.79 Å². The Balaban J connectivity index is 2.22. The molecule has 1 aromatic heterocycles. The van der Waals surface area contributed by atoms with Crippen LogP contribution in [0.5, 0.6) is 0 Å². The second-order valence-corrected chi connectivity index (χ2v) is 4.40. The Kier molecular flexibility index (Phi) is 2.06. The number of imidazole rings is 1. The number of ketones is 1. The molecule has 3 heteroatoms. The summed E-state index contributed by atoms with van der Waals surface area (Å²) in [5, 5.41) is 0. The SMILES string of the molecule is CC1=CC=CCn2c1nc1c2CCCC1=O. The van der Waals surface area contributed by atoms with Crippen LogP contribution in [0.1, 0.15) is 41.8 Å². The van der Waals surface area contributed by atoms with Gasteiger partial charge in [-0.15, -0.1) is 0 Å². The Hall–Kier alpha value is -1.64. The third kappa shape index (κ3) is 1.28. The highest BCUT2D eigenvalue weighted by atomic mass is 16.1. The summed E-state index contributed by atoms with van der Waals surface area (Å²) >= 11 is 0. The molecule has 1 aliphatic heterocycles. The predicted molar refractivity (Wildman–Crippen MR) is 62.3 cm³/mol. The van der Waals surface area contributed by atoms with Gasteiger partial charge in [-0.2, -0.15) is 0 Å². The van der Waals surface area contributed by atoms with Crippen molar-refractivity contribution in [1.82, 2.24) is 9.55 Å². The monoisotopic (exact) mass is 214 g/mol. The van der Waals surface area contributed by atoms with Gasteiger partial charge in [0.1, 0.15) is 11.5 Å². The number of rotatable bonds is 0. The van der Waals surface area contributed by atoms with Crippen LogP contribution in [0.25, 0.3) is 5.57 Å². The van der Waals surface area contributed by atoms with Gasteiger partial charge in [-0.25, -0.2) is 4.98 Å². The van der Waals surface area contributed by atoms with Crippen LogP contribution in [0.4, 0.5) is 0 Å². The minimum atomic E-state index is 0.207. The average Bonchev–Trinajstić information content (AvgIpc) is 2.55. The number of hydrogen-bond acceptors (Lipinski definition) is 2. The van der Waals surface area contributed by atoms with E-state index < -0.39 is 0 Å². The zero-order chi connectivity index (χ0) is 11.1. The molecule has 1 aromatic rings. The maximum Gasteiger partial charge on any atom is 0.183 e. The molecule has 0 radical (unpaired) electrons. The summed E-state index contributed by atoms with van der Waals surface area (Å²) in [6.07, 6.45) is 8.82. The molecule has 0 unspecified atom stereocenters. The number of carbonyl (C=O) groups is 1. The normalized spacial score (nSPS) is 18.8. The average molecular weight is 214 g/mol. The maximum atomic E-state index is 11.8. The first-order valence-electron chi connectivity index (χ1n) is 5.74. The topological polar surface area (TPSA) is 34.9 Å². The molecule has 0 amide bonds. The summed E-state index contributed by atoms with van der Waals surface area (Å²) in [7, 11) is 0. The van der Waals surface area contributed by atoms with Gasteiger partial charge in [-0.05, 0) is 25.3 Å². The first-order valence-corrected chi connectivity index (χ1v) is 5.74. The van der Waals surface area contributed by atoms with Gasteiger partial charge in [0.2, 0.25) is 0 Å². The Morgan fingerprint density at radius 2 is 2.25 bits per heavy atom. The minimum absolute atomic E-state index is 0.207. The first kappa shape index (κ1) is 9.58. The lowest BCUT2D eigenvalue weighted by Crippen LogP contribution is -2.13. The highest BCUT2D eigenvalue weighted by Gasteiger charge is 2.25. The van der Waals surface area contributed by atoms with Crippen molar-refractivity contribution in [2.24, 2.45) is 0 Å². The van der Waals surface area contributed by atoms with Gasteiger partial charge in [0.25, 0.3) is 0 Å². The van der Waals surface area contributed by atoms with Crippen LogP contribution in [0, 0.1) is 0 Å². The molecule has 0 fully saturated rings. The molecule has 3 nitrogen and oxygen atoms in total. The molecular formula is C13H14N2O. The summed E-state index contributed by atoms with van der Waals surface area (Å²) in [4.78, 5) is 16.3. The fourth-order valence-corrected chi connectivity index (χ4v) is 2.45. The summed E-state index contributed by atoms with van der Waals surface area (Å²) < 4.78 is 2.18. The van der Waals surface area contributed by atoms with Gasteiger partial charge in [-0.1, -0.05) is 18.2 Å². The molecule has 3 rings (SSSR count). The van der Waals surface area contributed by atoms with Crippen molar-refractivity contribution in [1.29, 1.82) is 0 Å². The van der Waals surface area contributed by atoms with E-state index in [9.17, 15) is 4.79 Å². The number of nitrogens with zero attached hydrogens (tertiary/aromatic N) is 2. The van der Waals surface area contributed by atoms with Crippen molar-refractivity contribution >= 4 is 11.4 Å². The van der Waals surface area contributed by atoms with Crippen molar-refractivity contribution in [2.45, 2.75) is 32.7 Å². The molecule has 1 aliphatic carbocycles. The van der Waals surface area contributed by atoms with Gasteiger partial charge >= 0.3 is 0 Å². The van der Waals surface area contributed by atoms with Crippen molar-refractivity contribution in [3.05, 3.63) is 35.4 Å². The van der Waals surface area contributed by atoms with Gasteiger partial charge in [0.15, 0.2) is 5.78 Å². The van der Waals surface area contributed by atoms with Crippen LogP contribution in [0.15, 0.2) is 18.2 Å². The number of hydrogen-bond donors (Lipinski definition) is 0. The van der Waals surface area contributed by atoms with Crippen LogP contribution >= 0.6 is 0 Å². The van der Waals surface area contributed by atoms with Gasteiger partial charge in [0.05, 0.1) is 0 Å². The van der Waals surface area contributed by atoms with Crippen LogP contribution in [0.3, 0.4) is 0 Å². The maximum absolute atomic E-state index is 11.8. The van der Waals surface area contributed by atoms with E-state index in [-0.39, 0.29) is 5.78 Å². The largest absolute Gasteiger partial charge is 0.324 e. The Morgan fingerprint density at radius 3 is 3.12 bits per heavy atom. The molecule has 2 heterocycles. The lowest BCUT2D eigenvalue weighted by molar-refractivity contribution is 0.0967. The Morgan fingerprint density at radius 1 is 1.38 bits per heavy atom. The van der Waals surface area contributed by atoms with Crippen LogP contribution in [0.2, 0.25) is 0 Å². The second-order valence-electron chi connectivity index (χ2n) is 4.40. The summed E-state index contributed by atoms with van der Waals surface area (Å²) in [6, 6.07) is 0. The fraction of sp³-hybridized carbons (Fsp3) is 0.385. The zero-order valence-corrected chi connectivity index (χ0v) is 9.36. The van der Waals surface area contributed by atoms with E-state index in [4.69, 9.17) is 0 Å². The number of aromatic nitrogens is 2. The molecule has 16 heavy (non-hydrogen) atoms. The third-order valence-corrected chi connectivity index (χ3v) is 3.28. The van der Waals surface area contributed by atoms with Crippen molar-refractivity contribution in [3.8, 4) is 0 Å². The molecule has 0 saturated carbocycles. The van der Waals surface area contributed by atoms with Crippen LogP contribution < -0.4 is 0 Å². The van der Waals surface area contributed by atoms with E-state index in [1.807, 2.05) is 6.92 Å². The van der Waals surface area contributed by atoms with Crippen LogP contribution in [-0.4, -0.2) is 15.3 Å². The number of allylic oxidation sites excluding steroid dienone is 4. The van der Waals surface area contributed by atoms with Crippen molar-refractivity contribution in [2.75, 3.05) is 0 Å².